The number of aryl methyl sites for hydroxylation is 2. The minimum absolute atomic E-state index is 0. The average molecular weight is 483 g/mol. The lowest BCUT2D eigenvalue weighted by Crippen LogP contribution is -2.38. The Bertz CT molecular complexity index is 638. The second kappa shape index (κ2) is 8.51. The van der Waals surface area contributed by atoms with Crippen LogP contribution in [0.4, 0.5) is 0 Å². The van der Waals surface area contributed by atoms with E-state index in [1.54, 1.807) is 14.0 Å². The van der Waals surface area contributed by atoms with Crippen molar-refractivity contribution in [3.63, 3.8) is 0 Å². The Hall–Kier alpha value is -1.10. The smallest absolute Gasteiger partial charge is 0.223 e. The maximum absolute atomic E-state index is 4.94. The van der Waals surface area contributed by atoms with Gasteiger partial charge in [-0.2, -0.15) is 4.98 Å². The summed E-state index contributed by atoms with van der Waals surface area (Å²) in [6, 6.07) is 2.09. The fourth-order valence-corrected chi connectivity index (χ4v) is 2.57. The lowest BCUT2D eigenvalue weighted by atomic mass is 10.4. The minimum Gasteiger partial charge on any atom is -0.352 e. The summed E-state index contributed by atoms with van der Waals surface area (Å²) < 4.78 is 8.09. The van der Waals surface area contributed by atoms with Gasteiger partial charge in [0.25, 0.3) is 0 Å². The van der Waals surface area contributed by atoms with Gasteiger partial charge >= 0.3 is 0 Å². The summed E-state index contributed by atoms with van der Waals surface area (Å²) in [5.74, 6) is 1.95. The second-order valence-electron chi connectivity index (χ2n) is 4.75. The Morgan fingerprint density at radius 2 is 2.27 bits per heavy atom. The largest absolute Gasteiger partial charge is 0.352 e. The van der Waals surface area contributed by atoms with Crippen LogP contribution in [0.25, 0.3) is 0 Å². The molecule has 0 atom stereocenters. The molecule has 9 heteroatoms. The zero-order chi connectivity index (χ0) is 15.4. The fourth-order valence-electron chi connectivity index (χ4n) is 2.00. The quantitative estimate of drug-likeness (QED) is 0.411. The molecule has 2 aromatic rings. The molecular weight excluding hydrogens is 463 g/mol. The minimum atomic E-state index is 0. The zero-order valence-electron chi connectivity index (χ0n) is 13.0. The summed E-state index contributed by atoms with van der Waals surface area (Å²) in [5, 5.41) is 7.07. The van der Waals surface area contributed by atoms with Crippen LogP contribution in [-0.2, 0) is 20.1 Å². The van der Waals surface area contributed by atoms with Crippen LogP contribution in [0.5, 0.6) is 0 Å². The molecule has 22 heavy (non-hydrogen) atoms. The highest BCUT2D eigenvalue weighted by Crippen LogP contribution is 2.14. The number of hydrogen-bond donors (Lipinski definition) is 1. The number of guanidine groups is 1. The second-order valence-corrected chi connectivity index (χ2v) is 5.66. The summed E-state index contributed by atoms with van der Waals surface area (Å²) in [4.78, 5) is 10.5. The molecule has 0 bridgehead atoms. The average Bonchev–Trinajstić information content (AvgIpc) is 2.96. The highest BCUT2D eigenvalue weighted by atomic mass is 127. The first kappa shape index (κ1) is 18.9. The van der Waals surface area contributed by atoms with Gasteiger partial charge in [-0.15, -0.1) is 24.0 Å². The topological polar surface area (TPSA) is 71.5 Å². The molecule has 2 aromatic heterocycles. The molecule has 2 rings (SSSR count). The lowest BCUT2D eigenvalue weighted by Gasteiger charge is -2.21. The number of halogens is 2. The van der Waals surface area contributed by atoms with E-state index in [-0.39, 0.29) is 24.0 Å². The van der Waals surface area contributed by atoms with Crippen molar-refractivity contribution in [1.29, 1.82) is 0 Å². The molecule has 122 valence electrons. The first-order chi connectivity index (χ1) is 9.99. The molecule has 0 saturated carbocycles. The summed E-state index contributed by atoms with van der Waals surface area (Å²) >= 11 is 3.48. The van der Waals surface area contributed by atoms with Crippen molar-refractivity contribution in [2.24, 2.45) is 12.0 Å². The third-order valence-electron chi connectivity index (χ3n) is 3.02. The normalized spacial score (nSPS) is 11.2. The molecule has 0 saturated heterocycles. The highest BCUT2D eigenvalue weighted by molar-refractivity contribution is 14.0. The van der Waals surface area contributed by atoms with Crippen LogP contribution < -0.4 is 5.32 Å². The summed E-state index contributed by atoms with van der Waals surface area (Å²) in [6.07, 6.45) is 2.03. The molecule has 0 aliphatic rings. The predicted octanol–water partition coefficient (Wildman–Crippen LogP) is 2.30. The molecule has 0 aliphatic carbocycles. The van der Waals surface area contributed by atoms with Crippen LogP contribution in [0, 0.1) is 6.92 Å². The molecule has 0 amide bonds. The van der Waals surface area contributed by atoms with Gasteiger partial charge in [0, 0.05) is 44.4 Å². The van der Waals surface area contributed by atoms with Crippen molar-refractivity contribution in [1.82, 2.24) is 24.9 Å². The zero-order valence-corrected chi connectivity index (χ0v) is 16.9. The van der Waals surface area contributed by atoms with Crippen LogP contribution in [-0.4, -0.2) is 39.7 Å². The molecular formula is C13H20BrIN6O. The van der Waals surface area contributed by atoms with Gasteiger partial charge in [-0.25, -0.2) is 0 Å². The van der Waals surface area contributed by atoms with Gasteiger partial charge in [0.1, 0.15) is 0 Å². The lowest BCUT2D eigenvalue weighted by molar-refractivity contribution is 0.386. The van der Waals surface area contributed by atoms with E-state index in [9.17, 15) is 0 Å². The summed E-state index contributed by atoms with van der Waals surface area (Å²) in [6.45, 7) is 2.99. The van der Waals surface area contributed by atoms with Gasteiger partial charge in [-0.3, -0.25) is 4.99 Å². The van der Waals surface area contributed by atoms with Gasteiger partial charge in [-0.05, 0) is 22.0 Å². The molecule has 0 aliphatic heterocycles. The van der Waals surface area contributed by atoms with Gasteiger partial charge in [0.05, 0.1) is 13.1 Å². The van der Waals surface area contributed by atoms with E-state index in [2.05, 4.69) is 47.0 Å². The van der Waals surface area contributed by atoms with Crippen LogP contribution in [0.3, 0.4) is 0 Å². The number of nitrogens with zero attached hydrogens (tertiary/aromatic N) is 5. The van der Waals surface area contributed by atoms with Crippen LogP contribution in [0.1, 0.15) is 17.4 Å². The number of aliphatic imine (C=N–C) groups is 1. The van der Waals surface area contributed by atoms with E-state index < -0.39 is 0 Å². The van der Waals surface area contributed by atoms with Gasteiger partial charge in [0.15, 0.2) is 11.8 Å². The third-order valence-corrected chi connectivity index (χ3v) is 3.45. The molecule has 0 radical (unpaired) electrons. The van der Waals surface area contributed by atoms with Gasteiger partial charge < -0.3 is 19.3 Å². The van der Waals surface area contributed by atoms with Crippen molar-refractivity contribution in [2.45, 2.75) is 20.0 Å². The van der Waals surface area contributed by atoms with E-state index in [1.165, 1.54) is 5.69 Å². The van der Waals surface area contributed by atoms with Crippen molar-refractivity contribution < 1.29 is 4.52 Å². The van der Waals surface area contributed by atoms with E-state index in [1.807, 2.05) is 25.2 Å². The molecule has 0 spiro atoms. The SMILES string of the molecule is CN=C(NCc1noc(C)n1)N(C)Cc1cc(Br)cn1C.I. The number of hydrogen-bond acceptors (Lipinski definition) is 4. The van der Waals surface area contributed by atoms with E-state index in [0.717, 1.165) is 17.0 Å². The van der Waals surface area contributed by atoms with Gasteiger partial charge in [0.2, 0.25) is 5.89 Å². The Labute approximate surface area is 155 Å². The highest BCUT2D eigenvalue weighted by Gasteiger charge is 2.10. The standard InChI is InChI=1S/C13H19BrN6O.HI/c1-9-17-12(18-21-9)6-16-13(15-2)20(4)8-11-5-10(14)7-19(11)3;/h5,7H,6,8H2,1-4H3,(H,15,16);1H. The van der Waals surface area contributed by atoms with Crippen LogP contribution in [0.2, 0.25) is 0 Å². The molecule has 0 unspecified atom stereocenters. The van der Waals surface area contributed by atoms with E-state index >= 15 is 0 Å². The Morgan fingerprint density at radius 3 is 2.77 bits per heavy atom. The predicted molar refractivity (Wildman–Crippen MR) is 99.2 cm³/mol. The third kappa shape index (κ3) is 4.97. The maximum atomic E-state index is 4.94. The summed E-state index contributed by atoms with van der Waals surface area (Å²) in [5.41, 5.74) is 1.18. The van der Waals surface area contributed by atoms with Gasteiger partial charge in [-0.1, -0.05) is 5.16 Å². The number of aromatic nitrogens is 3. The monoisotopic (exact) mass is 482 g/mol. The Kier molecular flexibility index (Phi) is 7.33. The molecule has 7 nitrogen and oxygen atoms in total. The molecule has 2 heterocycles. The van der Waals surface area contributed by atoms with Crippen molar-refractivity contribution in [3.8, 4) is 0 Å². The number of nitrogens with one attached hydrogen (secondary N) is 1. The van der Waals surface area contributed by atoms with Crippen molar-refractivity contribution in [3.05, 3.63) is 34.1 Å². The molecule has 1 N–H and O–H groups in total. The van der Waals surface area contributed by atoms with E-state index in [4.69, 9.17) is 4.52 Å². The van der Waals surface area contributed by atoms with Crippen LogP contribution in [0.15, 0.2) is 26.3 Å². The van der Waals surface area contributed by atoms with Crippen molar-refractivity contribution >= 4 is 45.9 Å². The maximum Gasteiger partial charge on any atom is 0.223 e. The van der Waals surface area contributed by atoms with Crippen LogP contribution >= 0.6 is 39.9 Å². The fraction of sp³-hybridized carbons (Fsp3) is 0.462. The Balaban J connectivity index is 0.00000242. The van der Waals surface area contributed by atoms with Crippen molar-refractivity contribution in [2.75, 3.05) is 14.1 Å². The first-order valence-corrected chi connectivity index (χ1v) is 7.30. The Morgan fingerprint density at radius 1 is 1.55 bits per heavy atom. The molecule has 0 aromatic carbocycles. The first-order valence-electron chi connectivity index (χ1n) is 6.51. The molecule has 0 fully saturated rings. The number of rotatable bonds is 4. The summed E-state index contributed by atoms with van der Waals surface area (Å²) in [7, 11) is 5.76. The van der Waals surface area contributed by atoms with E-state index in [0.29, 0.717) is 18.3 Å².